The molecule has 1 aliphatic rings. The average molecular weight is 338 g/mol. The number of carbonyl (C=O) groups is 1. The maximum Gasteiger partial charge on any atom is 0.222 e. The zero-order chi connectivity index (χ0) is 17.5. The first kappa shape index (κ1) is 17.5. The predicted octanol–water partition coefficient (Wildman–Crippen LogP) is 2.39. The van der Waals surface area contributed by atoms with Crippen LogP contribution >= 0.6 is 0 Å². The number of nitrogens with zero attached hydrogens (tertiary/aromatic N) is 4. The van der Waals surface area contributed by atoms with Crippen molar-refractivity contribution in [3.05, 3.63) is 60.2 Å². The van der Waals surface area contributed by atoms with Crippen LogP contribution < -0.4 is 0 Å². The van der Waals surface area contributed by atoms with Gasteiger partial charge in [-0.05, 0) is 49.6 Å². The second-order valence-electron chi connectivity index (χ2n) is 6.87. The lowest BCUT2D eigenvalue weighted by Gasteiger charge is -2.21. The molecule has 25 heavy (non-hydrogen) atoms. The van der Waals surface area contributed by atoms with E-state index >= 15 is 0 Å². The summed E-state index contributed by atoms with van der Waals surface area (Å²) in [6.45, 7) is 3.67. The lowest BCUT2D eigenvalue weighted by atomic mass is 10.1. The Kier molecular flexibility index (Phi) is 6.12. The molecule has 132 valence electrons. The zero-order valence-electron chi connectivity index (χ0n) is 14.8. The smallest absolute Gasteiger partial charge is 0.222 e. The molecule has 0 radical (unpaired) electrons. The van der Waals surface area contributed by atoms with Crippen molar-refractivity contribution in [1.29, 1.82) is 0 Å². The highest BCUT2D eigenvalue weighted by Crippen LogP contribution is 2.19. The van der Waals surface area contributed by atoms with E-state index in [2.05, 4.69) is 28.0 Å². The molecular formula is C20H26N4O. The molecule has 0 saturated carbocycles. The van der Waals surface area contributed by atoms with Crippen LogP contribution in [0.3, 0.4) is 0 Å². The molecule has 0 spiro atoms. The largest absolute Gasteiger partial charge is 0.342 e. The SMILES string of the molecule is CN(Cc1cccnc1)CC1CCN(C(=O)CCc2ccccn2)C1. The number of carbonyl (C=O) groups excluding carboxylic acids is 1. The second-order valence-corrected chi connectivity index (χ2v) is 6.87. The van der Waals surface area contributed by atoms with Crippen molar-refractivity contribution in [2.45, 2.75) is 25.8 Å². The third-order valence-electron chi connectivity index (χ3n) is 4.70. The quantitative estimate of drug-likeness (QED) is 0.778. The van der Waals surface area contributed by atoms with E-state index in [-0.39, 0.29) is 5.91 Å². The van der Waals surface area contributed by atoms with E-state index in [1.54, 1.807) is 12.4 Å². The van der Waals surface area contributed by atoms with E-state index < -0.39 is 0 Å². The third kappa shape index (κ3) is 5.36. The molecule has 3 rings (SSSR count). The molecule has 0 bridgehead atoms. The molecule has 1 atom stereocenters. The standard InChI is InChI=1S/C20H26N4O/c1-23(14-17-5-4-10-21-13-17)15-18-9-12-24(16-18)20(25)8-7-19-6-2-3-11-22-19/h2-6,10-11,13,18H,7-9,12,14-16H2,1H3. The van der Waals surface area contributed by atoms with E-state index in [9.17, 15) is 4.79 Å². The fourth-order valence-corrected chi connectivity index (χ4v) is 3.46. The highest BCUT2D eigenvalue weighted by Gasteiger charge is 2.26. The number of rotatable bonds is 7. The van der Waals surface area contributed by atoms with Crippen LogP contribution in [0.5, 0.6) is 0 Å². The third-order valence-corrected chi connectivity index (χ3v) is 4.70. The maximum absolute atomic E-state index is 12.4. The van der Waals surface area contributed by atoms with Crippen LogP contribution in [0, 0.1) is 5.92 Å². The van der Waals surface area contributed by atoms with Gasteiger partial charge in [0.2, 0.25) is 5.91 Å². The van der Waals surface area contributed by atoms with Crippen LogP contribution in [-0.4, -0.2) is 52.4 Å². The van der Waals surface area contributed by atoms with Gasteiger partial charge in [-0.2, -0.15) is 0 Å². The van der Waals surface area contributed by atoms with Crippen LogP contribution in [0.15, 0.2) is 48.9 Å². The molecule has 1 saturated heterocycles. The molecule has 0 aliphatic carbocycles. The summed E-state index contributed by atoms with van der Waals surface area (Å²) in [6.07, 6.45) is 7.86. The van der Waals surface area contributed by atoms with Crippen LogP contribution in [0.2, 0.25) is 0 Å². The number of aryl methyl sites for hydroxylation is 1. The number of hydrogen-bond acceptors (Lipinski definition) is 4. The predicted molar refractivity (Wildman–Crippen MR) is 97.8 cm³/mol. The Balaban J connectivity index is 1.41. The van der Waals surface area contributed by atoms with Gasteiger partial charge in [-0.3, -0.25) is 14.8 Å². The van der Waals surface area contributed by atoms with Crippen LogP contribution in [0.25, 0.3) is 0 Å². The number of hydrogen-bond donors (Lipinski definition) is 0. The topological polar surface area (TPSA) is 49.3 Å². The summed E-state index contributed by atoms with van der Waals surface area (Å²) in [5, 5.41) is 0. The minimum atomic E-state index is 0.253. The molecule has 5 nitrogen and oxygen atoms in total. The van der Waals surface area contributed by atoms with Gasteiger partial charge < -0.3 is 9.80 Å². The molecule has 2 aromatic rings. The Morgan fingerprint density at radius 2 is 2.20 bits per heavy atom. The Morgan fingerprint density at radius 3 is 2.96 bits per heavy atom. The maximum atomic E-state index is 12.4. The highest BCUT2D eigenvalue weighted by molar-refractivity contribution is 5.76. The fourth-order valence-electron chi connectivity index (χ4n) is 3.46. The first-order valence-electron chi connectivity index (χ1n) is 8.96. The molecule has 0 N–H and O–H groups in total. The fraction of sp³-hybridized carbons (Fsp3) is 0.450. The lowest BCUT2D eigenvalue weighted by Crippen LogP contribution is -2.31. The van der Waals surface area contributed by atoms with E-state index in [4.69, 9.17) is 0 Å². The summed E-state index contributed by atoms with van der Waals surface area (Å²) in [4.78, 5) is 25.2. The number of pyridine rings is 2. The first-order chi connectivity index (χ1) is 12.2. The van der Waals surface area contributed by atoms with Crippen molar-refractivity contribution in [2.75, 3.05) is 26.7 Å². The molecule has 1 amide bonds. The van der Waals surface area contributed by atoms with Crippen LogP contribution in [0.4, 0.5) is 0 Å². The monoisotopic (exact) mass is 338 g/mol. The second kappa shape index (κ2) is 8.72. The van der Waals surface area contributed by atoms with E-state index in [0.717, 1.165) is 44.7 Å². The number of likely N-dealkylation sites (tertiary alicyclic amines) is 1. The van der Waals surface area contributed by atoms with Crippen molar-refractivity contribution in [3.63, 3.8) is 0 Å². The molecular weight excluding hydrogens is 312 g/mol. The van der Waals surface area contributed by atoms with Gasteiger partial charge in [0.25, 0.3) is 0 Å². The molecule has 1 aliphatic heterocycles. The molecule has 3 heterocycles. The summed E-state index contributed by atoms with van der Waals surface area (Å²) in [5.74, 6) is 0.809. The number of aromatic nitrogens is 2. The lowest BCUT2D eigenvalue weighted by molar-refractivity contribution is -0.130. The Morgan fingerprint density at radius 1 is 1.28 bits per heavy atom. The first-order valence-corrected chi connectivity index (χ1v) is 8.96. The van der Waals surface area contributed by atoms with E-state index in [1.165, 1.54) is 5.56 Å². The Labute approximate surface area is 149 Å². The average Bonchev–Trinajstić information content (AvgIpc) is 3.10. The van der Waals surface area contributed by atoms with Crippen molar-refractivity contribution in [2.24, 2.45) is 5.92 Å². The summed E-state index contributed by atoms with van der Waals surface area (Å²) in [5.41, 5.74) is 2.22. The summed E-state index contributed by atoms with van der Waals surface area (Å²) < 4.78 is 0. The van der Waals surface area contributed by atoms with Gasteiger partial charge in [0, 0.05) is 56.9 Å². The molecule has 1 unspecified atom stereocenters. The molecule has 5 heteroatoms. The summed E-state index contributed by atoms with van der Waals surface area (Å²) in [6, 6.07) is 9.93. The molecule has 1 fully saturated rings. The van der Waals surface area contributed by atoms with Crippen molar-refractivity contribution in [1.82, 2.24) is 19.8 Å². The van der Waals surface area contributed by atoms with Gasteiger partial charge in [0.15, 0.2) is 0 Å². The van der Waals surface area contributed by atoms with E-state index in [1.807, 2.05) is 35.4 Å². The van der Waals surface area contributed by atoms with Gasteiger partial charge in [-0.1, -0.05) is 12.1 Å². The summed E-state index contributed by atoms with van der Waals surface area (Å²) >= 11 is 0. The van der Waals surface area contributed by atoms with Gasteiger partial charge in [0.05, 0.1) is 0 Å². The highest BCUT2D eigenvalue weighted by atomic mass is 16.2. The summed E-state index contributed by atoms with van der Waals surface area (Å²) in [7, 11) is 2.14. The van der Waals surface area contributed by atoms with Crippen LogP contribution in [0.1, 0.15) is 24.1 Å². The van der Waals surface area contributed by atoms with Crippen LogP contribution in [-0.2, 0) is 17.8 Å². The van der Waals surface area contributed by atoms with Crippen molar-refractivity contribution < 1.29 is 4.79 Å². The minimum absolute atomic E-state index is 0.253. The van der Waals surface area contributed by atoms with Crippen molar-refractivity contribution >= 4 is 5.91 Å². The van der Waals surface area contributed by atoms with E-state index in [0.29, 0.717) is 12.3 Å². The van der Waals surface area contributed by atoms with Gasteiger partial charge >= 0.3 is 0 Å². The number of amides is 1. The van der Waals surface area contributed by atoms with Crippen molar-refractivity contribution in [3.8, 4) is 0 Å². The minimum Gasteiger partial charge on any atom is -0.342 e. The zero-order valence-corrected chi connectivity index (χ0v) is 14.8. The van der Waals surface area contributed by atoms with Gasteiger partial charge in [-0.25, -0.2) is 0 Å². The van der Waals surface area contributed by atoms with Gasteiger partial charge in [-0.15, -0.1) is 0 Å². The normalized spacial score (nSPS) is 17.2. The Bertz CT molecular complexity index is 662. The van der Waals surface area contributed by atoms with Gasteiger partial charge in [0.1, 0.15) is 0 Å². The molecule has 0 aromatic carbocycles. The molecule has 2 aromatic heterocycles. The Hall–Kier alpha value is -2.27.